The fourth-order valence-corrected chi connectivity index (χ4v) is 3.49. The molecule has 4 aromatic rings. The van der Waals surface area contributed by atoms with Gasteiger partial charge in [0.05, 0.1) is 19.7 Å². The summed E-state index contributed by atoms with van der Waals surface area (Å²) in [5.74, 6) is -0.646. The Morgan fingerprint density at radius 1 is 1.06 bits per heavy atom. The van der Waals surface area contributed by atoms with Gasteiger partial charge < -0.3 is 19.2 Å². The number of aromatic nitrogens is 1. The van der Waals surface area contributed by atoms with Gasteiger partial charge in [-0.15, -0.1) is 0 Å². The highest BCUT2D eigenvalue weighted by Gasteiger charge is 2.25. The van der Waals surface area contributed by atoms with Gasteiger partial charge >= 0.3 is 11.6 Å². The number of carbonyl (C=O) groups excluding carboxylic acids is 2. The van der Waals surface area contributed by atoms with Crippen LogP contribution in [0, 0.1) is 0 Å². The van der Waals surface area contributed by atoms with Crippen LogP contribution in [-0.4, -0.2) is 37.1 Å². The van der Waals surface area contributed by atoms with Crippen molar-refractivity contribution in [2.75, 3.05) is 14.2 Å². The van der Waals surface area contributed by atoms with E-state index in [4.69, 9.17) is 13.9 Å². The van der Waals surface area contributed by atoms with Gasteiger partial charge in [0.1, 0.15) is 23.1 Å². The van der Waals surface area contributed by atoms with Gasteiger partial charge in [0, 0.05) is 29.3 Å². The average Bonchev–Trinajstić information content (AvgIpc) is 2.82. The number of methoxy groups -OCH3 is 2. The smallest absolute Gasteiger partial charge is 0.336 e. The van der Waals surface area contributed by atoms with Crippen molar-refractivity contribution in [3.63, 3.8) is 0 Å². The molecular formula is C24H20N2O6. The molecule has 8 heteroatoms. The summed E-state index contributed by atoms with van der Waals surface area (Å²) in [6, 6.07) is 16.1. The van der Waals surface area contributed by atoms with Gasteiger partial charge in [-0.25, -0.2) is 14.6 Å². The number of para-hydroxylation sites is 1. The second-order valence-corrected chi connectivity index (χ2v) is 7.10. The third kappa shape index (κ3) is 4.29. The standard InChI is InChI=1S/C24H20N2O6/c1-30-16-8-9-17-15(12-22(27)32-21(17)13-16)11-20(24(29)31-2)26-23(28)19-10-7-14-5-3-4-6-18(14)25-19/h3-10,12-13,20H,11H2,1-2H3,(H,26,28)/t20-/m0/s1. The third-order valence-electron chi connectivity index (χ3n) is 5.08. The van der Waals surface area contributed by atoms with Crippen LogP contribution in [0.1, 0.15) is 16.1 Å². The first kappa shape index (κ1) is 21.0. The van der Waals surface area contributed by atoms with Crippen LogP contribution in [-0.2, 0) is 16.0 Å². The number of nitrogens with zero attached hydrogens (tertiary/aromatic N) is 1. The van der Waals surface area contributed by atoms with E-state index in [0.717, 1.165) is 5.39 Å². The molecule has 0 aliphatic rings. The topological polar surface area (TPSA) is 108 Å². The molecule has 162 valence electrons. The minimum atomic E-state index is -1.03. The number of pyridine rings is 1. The number of amides is 1. The zero-order valence-corrected chi connectivity index (χ0v) is 17.5. The van der Waals surface area contributed by atoms with Gasteiger partial charge in [0.2, 0.25) is 0 Å². The predicted molar refractivity (Wildman–Crippen MR) is 118 cm³/mol. The molecule has 0 radical (unpaired) electrons. The Hall–Kier alpha value is -4.20. The minimum absolute atomic E-state index is 0.0282. The largest absolute Gasteiger partial charge is 0.497 e. The molecule has 0 bridgehead atoms. The summed E-state index contributed by atoms with van der Waals surface area (Å²) < 4.78 is 15.3. The molecule has 0 aliphatic heterocycles. The van der Waals surface area contributed by atoms with Crippen molar-refractivity contribution in [3.8, 4) is 5.75 Å². The fourth-order valence-electron chi connectivity index (χ4n) is 3.49. The van der Waals surface area contributed by atoms with Crippen LogP contribution in [0.25, 0.3) is 21.9 Å². The molecule has 0 saturated heterocycles. The summed E-state index contributed by atoms with van der Waals surface area (Å²) >= 11 is 0. The van der Waals surface area contributed by atoms with Crippen molar-refractivity contribution in [2.45, 2.75) is 12.5 Å². The molecule has 2 heterocycles. The Balaban J connectivity index is 1.65. The number of nitrogens with one attached hydrogen (secondary N) is 1. The van der Waals surface area contributed by atoms with Crippen molar-refractivity contribution in [1.29, 1.82) is 0 Å². The Bertz CT molecular complexity index is 1380. The zero-order chi connectivity index (χ0) is 22.7. The van der Waals surface area contributed by atoms with E-state index in [1.807, 2.05) is 18.2 Å². The molecule has 0 unspecified atom stereocenters. The summed E-state index contributed by atoms with van der Waals surface area (Å²) in [4.78, 5) is 41.7. The second-order valence-electron chi connectivity index (χ2n) is 7.10. The number of esters is 1. The van der Waals surface area contributed by atoms with E-state index < -0.39 is 23.5 Å². The maximum Gasteiger partial charge on any atom is 0.336 e. The van der Waals surface area contributed by atoms with Gasteiger partial charge in [-0.1, -0.05) is 24.3 Å². The van der Waals surface area contributed by atoms with E-state index in [1.165, 1.54) is 20.3 Å². The summed E-state index contributed by atoms with van der Waals surface area (Å²) in [5, 5.41) is 4.19. The molecule has 4 rings (SSSR count). The molecule has 0 aliphatic carbocycles. The summed E-state index contributed by atoms with van der Waals surface area (Å²) in [6.07, 6.45) is 0.0282. The molecular weight excluding hydrogens is 412 g/mol. The van der Waals surface area contributed by atoms with Crippen LogP contribution in [0.5, 0.6) is 5.75 Å². The number of hydrogen-bond donors (Lipinski definition) is 1. The first-order chi connectivity index (χ1) is 15.5. The molecule has 2 aromatic heterocycles. The summed E-state index contributed by atoms with van der Waals surface area (Å²) in [7, 11) is 2.74. The predicted octanol–water partition coefficient (Wildman–Crippen LogP) is 2.86. The van der Waals surface area contributed by atoms with E-state index in [1.54, 1.807) is 36.4 Å². The van der Waals surface area contributed by atoms with Gasteiger partial charge in [0.25, 0.3) is 5.91 Å². The quantitative estimate of drug-likeness (QED) is 0.369. The average molecular weight is 432 g/mol. The molecule has 0 spiro atoms. The Morgan fingerprint density at radius 3 is 2.66 bits per heavy atom. The Labute approximate surface area is 182 Å². The fraction of sp³-hybridized carbons (Fsp3) is 0.167. The summed E-state index contributed by atoms with van der Waals surface area (Å²) in [5.41, 5.74) is 1.10. The summed E-state index contributed by atoms with van der Waals surface area (Å²) in [6.45, 7) is 0. The number of carbonyl (C=O) groups is 2. The number of rotatable bonds is 6. The van der Waals surface area contributed by atoms with Gasteiger partial charge in [-0.2, -0.15) is 0 Å². The van der Waals surface area contributed by atoms with Crippen molar-refractivity contribution >= 4 is 33.7 Å². The van der Waals surface area contributed by atoms with Crippen LogP contribution in [0.15, 0.2) is 69.9 Å². The van der Waals surface area contributed by atoms with Crippen LogP contribution >= 0.6 is 0 Å². The van der Waals surface area contributed by atoms with Crippen molar-refractivity contribution in [2.24, 2.45) is 0 Å². The minimum Gasteiger partial charge on any atom is -0.497 e. The number of hydrogen-bond acceptors (Lipinski definition) is 7. The maximum atomic E-state index is 12.8. The van der Waals surface area contributed by atoms with E-state index in [2.05, 4.69) is 10.3 Å². The highest BCUT2D eigenvalue weighted by atomic mass is 16.5. The monoisotopic (exact) mass is 432 g/mol. The molecule has 0 saturated carbocycles. The van der Waals surface area contributed by atoms with Gasteiger partial charge in [-0.05, 0) is 29.8 Å². The highest BCUT2D eigenvalue weighted by molar-refractivity contribution is 5.97. The van der Waals surface area contributed by atoms with Crippen LogP contribution in [0.2, 0.25) is 0 Å². The highest BCUT2D eigenvalue weighted by Crippen LogP contribution is 2.23. The third-order valence-corrected chi connectivity index (χ3v) is 5.08. The lowest BCUT2D eigenvalue weighted by Gasteiger charge is -2.17. The molecule has 1 atom stereocenters. The molecule has 0 fully saturated rings. The molecule has 2 aromatic carbocycles. The lowest BCUT2D eigenvalue weighted by molar-refractivity contribution is -0.142. The van der Waals surface area contributed by atoms with Crippen LogP contribution in [0.4, 0.5) is 0 Å². The second kappa shape index (κ2) is 8.89. The van der Waals surface area contributed by atoms with E-state index in [-0.39, 0.29) is 12.1 Å². The lowest BCUT2D eigenvalue weighted by Crippen LogP contribution is -2.43. The van der Waals surface area contributed by atoms with Crippen molar-refractivity contribution in [1.82, 2.24) is 10.3 Å². The first-order valence-corrected chi connectivity index (χ1v) is 9.84. The number of fused-ring (bicyclic) bond motifs is 2. The number of ether oxygens (including phenoxy) is 2. The van der Waals surface area contributed by atoms with Crippen LogP contribution in [0.3, 0.4) is 0 Å². The van der Waals surface area contributed by atoms with E-state index in [0.29, 0.717) is 27.8 Å². The van der Waals surface area contributed by atoms with Crippen molar-refractivity contribution in [3.05, 3.63) is 82.3 Å². The van der Waals surface area contributed by atoms with Gasteiger partial charge in [0.15, 0.2) is 0 Å². The SMILES string of the molecule is COC(=O)[C@H](Cc1cc(=O)oc2cc(OC)ccc12)NC(=O)c1ccc2ccccc2n1. The zero-order valence-electron chi connectivity index (χ0n) is 17.5. The Morgan fingerprint density at radius 2 is 1.88 bits per heavy atom. The number of benzene rings is 2. The van der Waals surface area contributed by atoms with Gasteiger partial charge in [-0.3, -0.25) is 4.79 Å². The van der Waals surface area contributed by atoms with Crippen LogP contribution < -0.4 is 15.7 Å². The first-order valence-electron chi connectivity index (χ1n) is 9.84. The maximum absolute atomic E-state index is 12.8. The molecule has 8 nitrogen and oxygen atoms in total. The van der Waals surface area contributed by atoms with E-state index in [9.17, 15) is 14.4 Å². The lowest BCUT2D eigenvalue weighted by atomic mass is 10.0. The molecule has 1 N–H and O–H groups in total. The Kier molecular flexibility index (Phi) is 5.85. The molecule has 1 amide bonds. The molecule has 32 heavy (non-hydrogen) atoms. The van der Waals surface area contributed by atoms with Crippen molar-refractivity contribution < 1.29 is 23.5 Å². The normalized spacial score (nSPS) is 11.8. The van der Waals surface area contributed by atoms with E-state index >= 15 is 0 Å².